The molecule has 0 aromatic carbocycles. The van der Waals surface area contributed by atoms with E-state index < -0.39 is 5.60 Å². The van der Waals surface area contributed by atoms with Crippen LogP contribution >= 0.6 is 0 Å². The summed E-state index contributed by atoms with van der Waals surface area (Å²) < 4.78 is 5.09. The van der Waals surface area contributed by atoms with Crippen LogP contribution in [0.25, 0.3) is 0 Å². The molecule has 2 aromatic rings. The number of hydrogen-bond acceptors (Lipinski definition) is 7. The minimum Gasteiger partial charge on any atom is -0.386 e. The fourth-order valence-electron chi connectivity index (χ4n) is 3.18. The van der Waals surface area contributed by atoms with Crippen LogP contribution in [0, 0.1) is 0 Å². The second-order valence-corrected chi connectivity index (χ2v) is 6.51. The molecule has 25 heavy (non-hydrogen) atoms. The minimum atomic E-state index is -1.00. The molecule has 0 spiro atoms. The van der Waals surface area contributed by atoms with E-state index in [4.69, 9.17) is 4.52 Å². The third-order valence-electron chi connectivity index (χ3n) is 4.43. The van der Waals surface area contributed by atoms with Gasteiger partial charge in [-0.05, 0) is 12.8 Å². The second kappa shape index (κ2) is 7.18. The van der Waals surface area contributed by atoms with Crippen molar-refractivity contribution in [1.82, 2.24) is 20.0 Å². The monoisotopic (exact) mass is 345 g/mol. The lowest BCUT2D eigenvalue weighted by molar-refractivity contribution is -0.000390. The van der Waals surface area contributed by atoms with Crippen molar-refractivity contribution in [3.05, 3.63) is 36.1 Å². The van der Waals surface area contributed by atoms with Gasteiger partial charge in [0.05, 0.1) is 18.3 Å². The van der Waals surface area contributed by atoms with Crippen molar-refractivity contribution in [3.8, 4) is 0 Å². The Hall–Kier alpha value is -2.48. The number of aliphatic hydroxyl groups is 1. The Labute approximate surface area is 146 Å². The molecule has 1 N–H and O–H groups in total. The summed E-state index contributed by atoms with van der Waals surface area (Å²) in [6, 6.07) is 1.65. The smallest absolute Gasteiger partial charge is 0.275 e. The fraction of sp³-hybridized carbons (Fsp3) is 0.529. The van der Waals surface area contributed by atoms with Crippen LogP contribution in [0.5, 0.6) is 0 Å². The summed E-state index contributed by atoms with van der Waals surface area (Å²) in [4.78, 5) is 24.4. The zero-order valence-corrected chi connectivity index (χ0v) is 14.6. The van der Waals surface area contributed by atoms with Gasteiger partial charge in [0.2, 0.25) is 0 Å². The second-order valence-electron chi connectivity index (χ2n) is 6.51. The summed E-state index contributed by atoms with van der Waals surface area (Å²) >= 11 is 0. The molecule has 0 radical (unpaired) electrons. The lowest BCUT2D eigenvalue weighted by Gasteiger charge is -2.41. The van der Waals surface area contributed by atoms with E-state index in [1.807, 2.05) is 11.8 Å². The maximum absolute atomic E-state index is 12.5. The number of hydrogen-bond donors (Lipinski definition) is 1. The highest BCUT2D eigenvalue weighted by Crippen LogP contribution is 2.25. The molecule has 8 nitrogen and oxygen atoms in total. The molecule has 0 bridgehead atoms. The first-order valence-corrected chi connectivity index (χ1v) is 8.45. The highest BCUT2D eigenvalue weighted by Gasteiger charge is 2.36. The summed E-state index contributed by atoms with van der Waals surface area (Å²) in [7, 11) is 1.67. The van der Waals surface area contributed by atoms with Crippen molar-refractivity contribution in [2.24, 2.45) is 0 Å². The van der Waals surface area contributed by atoms with E-state index in [9.17, 15) is 9.90 Å². The Kier molecular flexibility index (Phi) is 4.98. The van der Waals surface area contributed by atoms with Gasteiger partial charge < -0.3 is 19.4 Å². The number of nitrogens with zero attached hydrogens (tertiary/aromatic N) is 5. The van der Waals surface area contributed by atoms with E-state index in [0.29, 0.717) is 25.1 Å². The summed E-state index contributed by atoms with van der Waals surface area (Å²) in [6.45, 7) is 3.37. The number of carbonyl (C=O) groups excluding carboxylic acids is 1. The van der Waals surface area contributed by atoms with E-state index in [1.165, 1.54) is 4.90 Å². The van der Waals surface area contributed by atoms with Gasteiger partial charge >= 0.3 is 0 Å². The van der Waals surface area contributed by atoms with Crippen LogP contribution in [0.3, 0.4) is 0 Å². The molecule has 1 saturated heterocycles. The van der Waals surface area contributed by atoms with Gasteiger partial charge in [0.25, 0.3) is 5.91 Å². The molecule has 1 amide bonds. The molecule has 3 rings (SSSR count). The number of rotatable bonds is 5. The number of β-amino-alcohol motifs (C(OH)–C–C–N with tert-alkyl or cyclic N) is 1. The van der Waals surface area contributed by atoms with Crippen molar-refractivity contribution in [2.75, 3.05) is 31.6 Å². The average molecular weight is 345 g/mol. The number of piperidine rings is 1. The normalized spacial score (nSPS) is 20.5. The molecular weight excluding hydrogens is 322 g/mol. The highest BCUT2D eigenvalue weighted by atomic mass is 16.5. The van der Waals surface area contributed by atoms with Crippen LogP contribution in [0.4, 0.5) is 5.82 Å². The Morgan fingerprint density at radius 3 is 3.00 bits per heavy atom. The number of aryl methyl sites for hydroxylation is 1. The molecule has 3 heterocycles. The molecule has 1 fully saturated rings. The van der Waals surface area contributed by atoms with Crippen LogP contribution in [-0.2, 0) is 6.42 Å². The predicted octanol–water partition coefficient (Wildman–Crippen LogP) is 1.13. The summed E-state index contributed by atoms with van der Waals surface area (Å²) in [6.07, 6.45) is 7.06. The quantitative estimate of drug-likeness (QED) is 0.868. The lowest BCUT2D eigenvalue weighted by Crippen LogP contribution is -2.55. The van der Waals surface area contributed by atoms with Gasteiger partial charge in [-0.1, -0.05) is 12.1 Å². The van der Waals surface area contributed by atoms with Crippen LogP contribution in [-0.4, -0.2) is 63.3 Å². The number of amides is 1. The SMILES string of the molecule is CCc1cc(C(=O)N(C)C[C@@]2(O)CCCN(c3cnccn3)C2)no1. The van der Waals surface area contributed by atoms with Crippen molar-refractivity contribution in [3.63, 3.8) is 0 Å². The maximum atomic E-state index is 12.5. The molecule has 134 valence electrons. The number of anilines is 1. The van der Waals surface area contributed by atoms with E-state index in [1.54, 1.807) is 31.7 Å². The summed E-state index contributed by atoms with van der Waals surface area (Å²) in [5, 5.41) is 14.8. The van der Waals surface area contributed by atoms with Crippen LogP contribution < -0.4 is 4.90 Å². The van der Waals surface area contributed by atoms with Crippen LogP contribution in [0.1, 0.15) is 36.0 Å². The fourth-order valence-corrected chi connectivity index (χ4v) is 3.18. The van der Waals surface area contributed by atoms with Crippen molar-refractivity contribution < 1.29 is 14.4 Å². The van der Waals surface area contributed by atoms with E-state index >= 15 is 0 Å². The highest BCUT2D eigenvalue weighted by molar-refractivity contribution is 5.92. The number of aromatic nitrogens is 3. The first kappa shape index (κ1) is 17.3. The largest absolute Gasteiger partial charge is 0.386 e. The van der Waals surface area contributed by atoms with Crippen LogP contribution in [0.2, 0.25) is 0 Å². The topological polar surface area (TPSA) is 95.6 Å². The Morgan fingerprint density at radius 2 is 2.32 bits per heavy atom. The number of likely N-dealkylation sites (N-methyl/N-ethyl adjacent to an activating group) is 1. The van der Waals surface area contributed by atoms with Crippen LogP contribution in [0.15, 0.2) is 29.2 Å². The lowest BCUT2D eigenvalue weighted by atomic mass is 9.92. The maximum Gasteiger partial charge on any atom is 0.275 e. The van der Waals surface area contributed by atoms with E-state index in [2.05, 4.69) is 15.1 Å². The minimum absolute atomic E-state index is 0.219. The molecule has 0 unspecified atom stereocenters. The Morgan fingerprint density at radius 1 is 1.48 bits per heavy atom. The van der Waals surface area contributed by atoms with Gasteiger partial charge in [-0.15, -0.1) is 0 Å². The van der Waals surface area contributed by atoms with Gasteiger partial charge in [0.1, 0.15) is 11.6 Å². The average Bonchev–Trinajstić information content (AvgIpc) is 3.10. The molecule has 0 aliphatic carbocycles. The van der Waals surface area contributed by atoms with Gasteiger partial charge in [-0.25, -0.2) is 4.98 Å². The predicted molar refractivity (Wildman–Crippen MR) is 91.3 cm³/mol. The number of carbonyl (C=O) groups is 1. The molecule has 0 saturated carbocycles. The molecule has 1 aliphatic rings. The van der Waals surface area contributed by atoms with Crippen molar-refractivity contribution >= 4 is 11.7 Å². The molecule has 1 atom stereocenters. The first-order valence-electron chi connectivity index (χ1n) is 8.45. The van der Waals surface area contributed by atoms with Gasteiger partial charge in [0, 0.05) is 45.0 Å². The zero-order valence-electron chi connectivity index (χ0n) is 14.6. The first-order chi connectivity index (χ1) is 12.0. The standard InChI is InChI=1S/C17H23N5O3/c1-3-13-9-14(20-25-13)16(23)21(2)11-17(24)5-4-8-22(12-17)15-10-18-6-7-19-15/h6-7,9-10,24H,3-5,8,11-12H2,1-2H3/t17-/m0/s1. The third kappa shape index (κ3) is 3.96. The Bertz CT molecular complexity index is 720. The molecular formula is C17H23N5O3. The van der Waals surface area contributed by atoms with Crippen molar-refractivity contribution in [1.29, 1.82) is 0 Å². The molecule has 8 heteroatoms. The van der Waals surface area contributed by atoms with E-state index in [-0.39, 0.29) is 18.1 Å². The van der Waals surface area contributed by atoms with Gasteiger partial charge in [-0.3, -0.25) is 9.78 Å². The summed E-state index contributed by atoms with van der Waals surface area (Å²) in [5.74, 6) is 1.15. The van der Waals surface area contributed by atoms with Gasteiger partial charge in [-0.2, -0.15) is 0 Å². The zero-order chi connectivity index (χ0) is 17.9. The summed E-state index contributed by atoms with van der Waals surface area (Å²) in [5.41, 5.74) is -0.734. The molecule has 2 aromatic heterocycles. The van der Waals surface area contributed by atoms with Gasteiger partial charge in [0.15, 0.2) is 5.69 Å². The van der Waals surface area contributed by atoms with E-state index in [0.717, 1.165) is 18.8 Å². The molecule has 1 aliphatic heterocycles. The third-order valence-corrected chi connectivity index (χ3v) is 4.43. The van der Waals surface area contributed by atoms with Crippen molar-refractivity contribution in [2.45, 2.75) is 31.8 Å². The Balaban J connectivity index is 1.66.